The van der Waals surface area contributed by atoms with Gasteiger partial charge < -0.3 is 5.73 Å². The van der Waals surface area contributed by atoms with Crippen LogP contribution in [-0.2, 0) is 19.3 Å². The van der Waals surface area contributed by atoms with E-state index in [1.807, 2.05) is 19.1 Å². The first kappa shape index (κ1) is 20.2. The minimum absolute atomic E-state index is 0. The van der Waals surface area contributed by atoms with Gasteiger partial charge in [-0.1, -0.05) is 54.6 Å². The molecule has 3 aromatic carbocycles. The number of carbonyl (C=O) groups is 1. The Labute approximate surface area is 173 Å². The van der Waals surface area contributed by atoms with Gasteiger partial charge in [0.2, 0.25) is 5.91 Å². The number of amides is 1. The van der Waals surface area contributed by atoms with E-state index < -0.39 is 0 Å². The fourth-order valence-corrected chi connectivity index (χ4v) is 4.18. The Balaban J connectivity index is 0.00000225. The average Bonchev–Trinajstić information content (AvgIpc) is 3.09. The summed E-state index contributed by atoms with van der Waals surface area (Å²) in [5.41, 5.74) is 13.7. The molecule has 4 rings (SSSR count). The Hall–Kier alpha value is -2.58. The summed E-state index contributed by atoms with van der Waals surface area (Å²) in [5.74, 6) is 0.381. The number of hydrogen-bond donors (Lipinski definition) is 1. The van der Waals surface area contributed by atoms with Crippen molar-refractivity contribution in [1.82, 2.24) is 0 Å². The number of benzene rings is 3. The Kier molecular flexibility index (Phi) is 6.21. The van der Waals surface area contributed by atoms with Gasteiger partial charge in [0.1, 0.15) is 0 Å². The van der Waals surface area contributed by atoms with Crippen molar-refractivity contribution in [3.63, 3.8) is 0 Å². The molecule has 1 aliphatic rings. The third kappa shape index (κ3) is 4.45. The van der Waals surface area contributed by atoms with Crippen molar-refractivity contribution in [2.45, 2.75) is 32.6 Å². The van der Waals surface area contributed by atoms with Crippen LogP contribution in [0.2, 0.25) is 0 Å². The van der Waals surface area contributed by atoms with Gasteiger partial charge in [0, 0.05) is 5.56 Å². The van der Waals surface area contributed by atoms with E-state index in [4.69, 9.17) is 5.73 Å². The Morgan fingerprint density at radius 3 is 2.18 bits per heavy atom. The molecule has 1 aliphatic carbocycles. The van der Waals surface area contributed by atoms with Crippen LogP contribution in [0.15, 0.2) is 66.7 Å². The second-order valence-electron chi connectivity index (χ2n) is 7.73. The van der Waals surface area contributed by atoms with Gasteiger partial charge >= 0.3 is 0 Å². The summed E-state index contributed by atoms with van der Waals surface area (Å²) in [7, 11) is 0. The fraction of sp³-hybridized carbons (Fsp3) is 0.240. The monoisotopic (exact) mass is 391 g/mol. The van der Waals surface area contributed by atoms with Crippen LogP contribution in [0.25, 0.3) is 11.1 Å². The second-order valence-corrected chi connectivity index (χ2v) is 7.73. The summed E-state index contributed by atoms with van der Waals surface area (Å²) >= 11 is 0. The summed E-state index contributed by atoms with van der Waals surface area (Å²) in [6.45, 7) is 1.99. The van der Waals surface area contributed by atoms with E-state index in [2.05, 4.69) is 54.6 Å². The van der Waals surface area contributed by atoms with Crippen LogP contribution in [0.5, 0.6) is 0 Å². The lowest BCUT2D eigenvalue weighted by Gasteiger charge is -2.10. The lowest BCUT2D eigenvalue weighted by Crippen LogP contribution is -2.11. The van der Waals surface area contributed by atoms with Crippen LogP contribution >= 0.6 is 12.4 Å². The molecule has 0 bridgehead atoms. The maximum absolute atomic E-state index is 11.5. The SMILES string of the molecule is Cc1cc(C(N)=O)cc(-c2ccc(CCC3Cc4ccccc4C3)cc2)c1.Cl. The van der Waals surface area contributed by atoms with Gasteiger partial charge in [-0.25, -0.2) is 0 Å². The lowest BCUT2D eigenvalue weighted by molar-refractivity contribution is 0.1000. The molecule has 3 heteroatoms. The van der Waals surface area contributed by atoms with Gasteiger partial charge in [-0.2, -0.15) is 0 Å². The normalized spacial score (nSPS) is 13.0. The predicted octanol–water partition coefficient (Wildman–Crippen LogP) is 5.53. The van der Waals surface area contributed by atoms with E-state index in [0.717, 1.165) is 29.0 Å². The largest absolute Gasteiger partial charge is 0.366 e. The van der Waals surface area contributed by atoms with E-state index in [0.29, 0.717) is 5.56 Å². The van der Waals surface area contributed by atoms with Gasteiger partial charge in [-0.05, 0) is 84.0 Å². The van der Waals surface area contributed by atoms with Gasteiger partial charge in [0.25, 0.3) is 0 Å². The summed E-state index contributed by atoms with van der Waals surface area (Å²) in [4.78, 5) is 11.5. The fourth-order valence-electron chi connectivity index (χ4n) is 4.18. The molecule has 0 saturated heterocycles. The third-order valence-electron chi connectivity index (χ3n) is 5.63. The van der Waals surface area contributed by atoms with E-state index in [-0.39, 0.29) is 18.3 Å². The van der Waals surface area contributed by atoms with E-state index in [1.165, 1.54) is 36.0 Å². The number of hydrogen-bond acceptors (Lipinski definition) is 1. The number of aryl methyl sites for hydroxylation is 2. The Morgan fingerprint density at radius 1 is 0.929 bits per heavy atom. The minimum atomic E-state index is -0.380. The number of primary amides is 1. The maximum atomic E-state index is 11.5. The Morgan fingerprint density at radius 2 is 1.57 bits per heavy atom. The topological polar surface area (TPSA) is 43.1 Å². The van der Waals surface area contributed by atoms with E-state index in [9.17, 15) is 4.79 Å². The third-order valence-corrected chi connectivity index (χ3v) is 5.63. The van der Waals surface area contributed by atoms with Gasteiger partial charge in [-0.15, -0.1) is 12.4 Å². The highest BCUT2D eigenvalue weighted by atomic mass is 35.5. The molecule has 0 radical (unpaired) electrons. The zero-order chi connectivity index (χ0) is 18.8. The molecule has 0 unspecified atom stereocenters. The quantitative estimate of drug-likeness (QED) is 0.610. The van der Waals surface area contributed by atoms with Crippen molar-refractivity contribution in [3.8, 4) is 11.1 Å². The summed E-state index contributed by atoms with van der Waals surface area (Å²) in [5, 5.41) is 0. The number of carbonyl (C=O) groups excluding carboxylic acids is 1. The van der Waals surface area contributed by atoms with Crippen molar-refractivity contribution < 1.29 is 4.79 Å². The molecule has 0 heterocycles. The molecule has 2 N–H and O–H groups in total. The van der Waals surface area contributed by atoms with Crippen molar-refractivity contribution in [2.24, 2.45) is 11.7 Å². The molecule has 0 aliphatic heterocycles. The number of nitrogens with two attached hydrogens (primary N) is 1. The smallest absolute Gasteiger partial charge is 0.248 e. The van der Waals surface area contributed by atoms with Gasteiger partial charge in [-0.3, -0.25) is 4.79 Å². The molecule has 0 fully saturated rings. The van der Waals surface area contributed by atoms with Crippen molar-refractivity contribution in [2.75, 3.05) is 0 Å². The molecule has 1 amide bonds. The van der Waals surface area contributed by atoms with Crippen LogP contribution in [0, 0.1) is 12.8 Å². The highest BCUT2D eigenvalue weighted by Crippen LogP contribution is 2.30. The molecular weight excluding hydrogens is 366 g/mol. The predicted molar refractivity (Wildman–Crippen MR) is 118 cm³/mol. The highest BCUT2D eigenvalue weighted by Gasteiger charge is 2.20. The molecule has 0 atom stereocenters. The van der Waals surface area contributed by atoms with Crippen LogP contribution in [0.4, 0.5) is 0 Å². The highest BCUT2D eigenvalue weighted by molar-refractivity contribution is 5.94. The van der Waals surface area contributed by atoms with Crippen molar-refractivity contribution >= 4 is 18.3 Å². The minimum Gasteiger partial charge on any atom is -0.366 e. The first-order chi connectivity index (χ1) is 13.1. The average molecular weight is 392 g/mol. The van der Waals surface area contributed by atoms with Gasteiger partial charge in [0.05, 0.1) is 0 Å². The molecule has 0 aromatic heterocycles. The van der Waals surface area contributed by atoms with Crippen LogP contribution in [0.3, 0.4) is 0 Å². The first-order valence-corrected chi connectivity index (χ1v) is 9.66. The molecule has 0 spiro atoms. The molecule has 2 nitrogen and oxygen atoms in total. The summed E-state index contributed by atoms with van der Waals surface area (Å²) in [6.07, 6.45) is 4.77. The van der Waals surface area contributed by atoms with E-state index in [1.54, 1.807) is 0 Å². The lowest BCUT2D eigenvalue weighted by atomic mass is 9.95. The number of halogens is 1. The zero-order valence-electron chi connectivity index (χ0n) is 16.2. The van der Waals surface area contributed by atoms with Crippen LogP contribution < -0.4 is 5.73 Å². The first-order valence-electron chi connectivity index (χ1n) is 9.66. The summed E-state index contributed by atoms with van der Waals surface area (Å²) in [6, 6.07) is 23.4. The summed E-state index contributed by atoms with van der Waals surface area (Å²) < 4.78 is 0. The second kappa shape index (κ2) is 8.62. The maximum Gasteiger partial charge on any atom is 0.248 e. The molecule has 3 aromatic rings. The standard InChI is InChI=1S/C25H25NO.ClH/c1-17-12-23(16-24(13-17)25(26)27)20-10-8-18(9-11-20)6-7-19-14-21-4-2-3-5-22(21)15-19;/h2-5,8-13,16,19H,6-7,14-15H2,1H3,(H2,26,27);1H. The Bertz CT molecular complexity index is 953. The van der Waals surface area contributed by atoms with Crippen molar-refractivity contribution in [3.05, 3.63) is 94.5 Å². The molecular formula is C25H26ClNO. The zero-order valence-corrected chi connectivity index (χ0v) is 17.0. The number of rotatable bonds is 5. The van der Waals surface area contributed by atoms with E-state index >= 15 is 0 Å². The molecule has 144 valence electrons. The van der Waals surface area contributed by atoms with Crippen LogP contribution in [-0.4, -0.2) is 5.91 Å². The molecule has 28 heavy (non-hydrogen) atoms. The van der Waals surface area contributed by atoms with Crippen LogP contribution in [0.1, 0.15) is 39.0 Å². The molecule has 0 saturated carbocycles. The number of fused-ring (bicyclic) bond motifs is 1. The van der Waals surface area contributed by atoms with Gasteiger partial charge in [0.15, 0.2) is 0 Å². The van der Waals surface area contributed by atoms with Crippen molar-refractivity contribution in [1.29, 1.82) is 0 Å².